The summed E-state index contributed by atoms with van der Waals surface area (Å²) in [5.41, 5.74) is 9.92. The van der Waals surface area contributed by atoms with E-state index >= 15 is 0 Å². The molecule has 2 N–H and O–H groups in total. The summed E-state index contributed by atoms with van der Waals surface area (Å²) in [4.78, 5) is 3.74. The highest BCUT2D eigenvalue weighted by Gasteiger charge is 2.16. The van der Waals surface area contributed by atoms with Gasteiger partial charge in [0.2, 0.25) is 0 Å². The van der Waals surface area contributed by atoms with Gasteiger partial charge in [0.25, 0.3) is 0 Å². The van der Waals surface area contributed by atoms with Crippen LogP contribution in [0.2, 0.25) is 0 Å². The first-order valence-electron chi connectivity index (χ1n) is 7.10. The van der Waals surface area contributed by atoms with Crippen molar-refractivity contribution in [1.82, 2.24) is 0 Å². The minimum atomic E-state index is 0.181. The topological polar surface area (TPSA) is 29.3 Å². The standard InChI is InChI=1S/C17H24N2S/c1-12-7-8-16(15(10-12)11-13(2)18)19(4)14(3)17-6-5-9-20-17/h5-10,13-14H,11,18H2,1-4H3. The number of hydrogen-bond acceptors (Lipinski definition) is 3. The zero-order valence-electron chi connectivity index (χ0n) is 12.8. The average molecular weight is 288 g/mol. The molecule has 0 fully saturated rings. The molecule has 0 amide bonds. The number of rotatable bonds is 5. The second-order valence-corrected chi connectivity index (χ2v) is 6.60. The molecular formula is C17H24N2S. The molecular weight excluding hydrogens is 264 g/mol. The quantitative estimate of drug-likeness (QED) is 0.896. The number of hydrogen-bond donors (Lipinski definition) is 1. The molecule has 2 nitrogen and oxygen atoms in total. The molecule has 3 heteroatoms. The number of anilines is 1. The van der Waals surface area contributed by atoms with Gasteiger partial charge in [0, 0.05) is 23.7 Å². The Kier molecular flexibility index (Phi) is 4.84. The number of aryl methyl sites for hydroxylation is 1. The van der Waals surface area contributed by atoms with E-state index < -0.39 is 0 Å². The minimum absolute atomic E-state index is 0.181. The molecule has 0 radical (unpaired) electrons. The third-order valence-corrected chi connectivity index (χ3v) is 4.74. The minimum Gasteiger partial charge on any atom is -0.367 e. The molecule has 0 spiro atoms. The number of benzene rings is 1. The van der Waals surface area contributed by atoms with Crippen molar-refractivity contribution >= 4 is 17.0 Å². The second kappa shape index (κ2) is 6.42. The highest BCUT2D eigenvalue weighted by atomic mass is 32.1. The van der Waals surface area contributed by atoms with Crippen molar-refractivity contribution in [2.24, 2.45) is 5.73 Å². The maximum Gasteiger partial charge on any atom is 0.0603 e. The first-order valence-corrected chi connectivity index (χ1v) is 7.98. The van der Waals surface area contributed by atoms with Crippen LogP contribution in [-0.4, -0.2) is 13.1 Å². The lowest BCUT2D eigenvalue weighted by atomic mass is 10.0. The predicted octanol–water partition coefficient (Wildman–Crippen LogP) is 4.14. The van der Waals surface area contributed by atoms with Gasteiger partial charge in [-0.3, -0.25) is 0 Å². The van der Waals surface area contributed by atoms with E-state index in [9.17, 15) is 0 Å². The molecule has 0 bridgehead atoms. The van der Waals surface area contributed by atoms with Crippen molar-refractivity contribution in [3.63, 3.8) is 0 Å². The maximum absolute atomic E-state index is 6.00. The van der Waals surface area contributed by atoms with Crippen molar-refractivity contribution in [2.45, 2.75) is 39.3 Å². The molecule has 1 aromatic carbocycles. The summed E-state index contributed by atoms with van der Waals surface area (Å²) in [6, 6.07) is 11.5. The summed E-state index contributed by atoms with van der Waals surface area (Å²) >= 11 is 1.81. The van der Waals surface area contributed by atoms with E-state index in [2.05, 4.69) is 68.4 Å². The molecule has 0 saturated carbocycles. The van der Waals surface area contributed by atoms with Crippen molar-refractivity contribution in [2.75, 3.05) is 11.9 Å². The Labute approximate surface area is 126 Å². The highest BCUT2D eigenvalue weighted by Crippen LogP contribution is 2.31. The molecule has 2 atom stereocenters. The first kappa shape index (κ1) is 15.1. The van der Waals surface area contributed by atoms with Crippen LogP contribution in [0.15, 0.2) is 35.7 Å². The third kappa shape index (κ3) is 3.41. The van der Waals surface area contributed by atoms with E-state index in [0.29, 0.717) is 6.04 Å². The zero-order chi connectivity index (χ0) is 14.7. The Morgan fingerprint density at radius 3 is 2.60 bits per heavy atom. The molecule has 1 aromatic heterocycles. The van der Waals surface area contributed by atoms with E-state index in [-0.39, 0.29) is 6.04 Å². The summed E-state index contributed by atoms with van der Waals surface area (Å²) in [5.74, 6) is 0. The van der Waals surface area contributed by atoms with Gasteiger partial charge < -0.3 is 10.6 Å². The van der Waals surface area contributed by atoms with Gasteiger partial charge in [-0.2, -0.15) is 0 Å². The van der Waals surface area contributed by atoms with E-state index in [1.54, 1.807) is 0 Å². The van der Waals surface area contributed by atoms with Crippen LogP contribution in [0.3, 0.4) is 0 Å². The van der Waals surface area contributed by atoms with Crippen LogP contribution < -0.4 is 10.6 Å². The normalized spacial score (nSPS) is 14.1. The maximum atomic E-state index is 6.00. The van der Waals surface area contributed by atoms with E-state index in [4.69, 9.17) is 5.73 Å². The van der Waals surface area contributed by atoms with Gasteiger partial charge in [-0.25, -0.2) is 0 Å². The van der Waals surface area contributed by atoms with Gasteiger partial charge in [-0.15, -0.1) is 11.3 Å². The Morgan fingerprint density at radius 1 is 1.25 bits per heavy atom. The molecule has 0 saturated heterocycles. The zero-order valence-corrected chi connectivity index (χ0v) is 13.6. The molecule has 0 aliphatic heterocycles. The second-order valence-electron chi connectivity index (χ2n) is 5.62. The summed E-state index contributed by atoms with van der Waals surface area (Å²) < 4.78 is 0. The van der Waals surface area contributed by atoms with Crippen LogP contribution >= 0.6 is 11.3 Å². The molecule has 2 rings (SSSR count). The first-order chi connectivity index (χ1) is 9.49. The molecule has 1 heterocycles. The van der Waals surface area contributed by atoms with E-state index in [1.165, 1.54) is 21.7 Å². The Bertz CT molecular complexity index is 546. The summed E-state index contributed by atoms with van der Waals surface area (Å²) in [5, 5.41) is 2.14. The van der Waals surface area contributed by atoms with Crippen molar-refractivity contribution in [3.8, 4) is 0 Å². The fourth-order valence-corrected chi connectivity index (χ4v) is 3.32. The van der Waals surface area contributed by atoms with Crippen LogP contribution in [-0.2, 0) is 6.42 Å². The molecule has 20 heavy (non-hydrogen) atoms. The smallest absolute Gasteiger partial charge is 0.0603 e. The highest BCUT2D eigenvalue weighted by molar-refractivity contribution is 7.10. The Morgan fingerprint density at radius 2 is 2.00 bits per heavy atom. The summed E-state index contributed by atoms with van der Waals surface area (Å²) in [7, 11) is 2.17. The van der Waals surface area contributed by atoms with E-state index in [0.717, 1.165) is 6.42 Å². The van der Waals surface area contributed by atoms with Crippen molar-refractivity contribution in [1.29, 1.82) is 0 Å². The van der Waals surface area contributed by atoms with Gasteiger partial charge in [-0.1, -0.05) is 23.8 Å². The third-order valence-electron chi connectivity index (χ3n) is 3.69. The lowest BCUT2D eigenvalue weighted by Crippen LogP contribution is -2.24. The number of nitrogens with two attached hydrogens (primary N) is 1. The molecule has 0 aliphatic carbocycles. The monoisotopic (exact) mass is 288 g/mol. The van der Waals surface area contributed by atoms with Gasteiger partial charge >= 0.3 is 0 Å². The lowest BCUT2D eigenvalue weighted by molar-refractivity contribution is 0.715. The predicted molar refractivity (Wildman–Crippen MR) is 89.7 cm³/mol. The van der Waals surface area contributed by atoms with Gasteiger partial charge in [0.1, 0.15) is 0 Å². The van der Waals surface area contributed by atoms with E-state index in [1.807, 2.05) is 11.3 Å². The summed E-state index contributed by atoms with van der Waals surface area (Å²) in [6.07, 6.45) is 0.915. The fraction of sp³-hybridized carbons (Fsp3) is 0.412. The van der Waals surface area contributed by atoms with Crippen molar-refractivity contribution in [3.05, 3.63) is 51.7 Å². The fourth-order valence-electron chi connectivity index (χ4n) is 2.50. The molecule has 2 unspecified atom stereocenters. The molecule has 2 aromatic rings. The van der Waals surface area contributed by atoms with Crippen LogP contribution in [0.5, 0.6) is 0 Å². The van der Waals surface area contributed by atoms with Crippen LogP contribution in [0, 0.1) is 6.92 Å². The molecule has 108 valence electrons. The van der Waals surface area contributed by atoms with Crippen LogP contribution in [0.25, 0.3) is 0 Å². The Hall–Kier alpha value is -1.32. The van der Waals surface area contributed by atoms with Gasteiger partial charge in [-0.05, 0) is 50.3 Å². The SMILES string of the molecule is Cc1ccc(N(C)C(C)c2cccs2)c(CC(C)N)c1. The summed E-state index contributed by atoms with van der Waals surface area (Å²) in [6.45, 7) is 6.45. The lowest BCUT2D eigenvalue weighted by Gasteiger charge is -2.29. The Balaban J connectivity index is 2.31. The van der Waals surface area contributed by atoms with Crippen LogP contribution in [0.1, 0.15) is 35.9 Å². The molecule has 0 aliphatic rings. The number of nitrogens with zero attached hydrogens (tertiary/aromatic N) is 1. The van der Waals surface area contributed by atoms with Crippen LogP contribution in [0.4, 0.5) is 5.69 Å². The van der Waals surface area contributed by atoms with Gasteiger partial charge in [0.05, 0.1) is 6.04 Å². The number of thiophene rings is 1. The van der Waals surface area contributed by atoms with Crippen molar-refractivity contribution < 1.29 is 0 Å². The largest absolute Gasteiger partial charge is 0.367 e. The average Bonchev–Trinajstić information content (AvgIpc) is 2.90. The van der Waals surface area contributed by atoms with Gasteiger partial charge in [0.15, 0.2) is 0 Å².